The highest BCUT2D eigenvalue weighted by atomic mass is 35.5. The zero-order valence-electron chi connectivity index (χ0n) is 11.1. The maximum Gasteiger partial charge on any atom is 0.258 e. The van der Waals surface area contributed by atoms with E-state index in [9.17, 15) is 4.39 Å². The van der Waals surface area contributed by atoms with Crippen molar-refractivity contribution in [3.63, 3.8) is 0 Å². The Kier molecular flexibility index (Phi) is 3.35. The van der Waals surface area contributed by atoms with Gasteiger partial charge in [-0.2, -0.15) is 4.98 Å². The highest BCUT2D eigenvalue weighted by molar-refractivity contribution is 6.33. The average molecular weight is 304 g/mol. The van der Waals surface area contributed by atoms with Crippen LogP contribution in [-0.4, -0.2) is 10.1 Å². The number of nitrogen functional groups attached to an aromatic ring is 1. The number of anilines is 1. The van der Waals surface area contributed by atoms with Gasteiger partial charge in [-0.15, -0.1) is 0 Å². The summed E-state index contributed by atoms with van der Waals surface area (Å²) in [5.41, 5.74) is 8.71. The Labute approximate surface area is 125 Å². The Morgan fingerprint density at radius 3 is 2.71 bits per heavy atom. The molecule has 1 aromatic heterocycles. The number of nitrogens with zero attached hydrogens (tertiary/aromatic N) is 2. The number of nitrogens with two attached hydrogens (primary N) is 1. The van der Waals surface area contributed by atoms with Crippen molar-refractivity contribution in [3.8, 4) is 22.8 Å². The Morgan fingerprint density at radius 2 is 2.00 bits per heavy atom. The van der Waals surface area contributed by atoms with Crippen molar-refractivity contribution in [2.75, 3.05) is 5.73 Å². The molecular formula is C15H11ClFN3O. The lowest BCUT2D eigenvalue weighted by molar-refractivity contribution is 0.432. The van der Waals surface area contributed by atoms with E-state index >= 15 is 0 Å². The van der Waals surface area contributed by atoms with Gasteiger partial charge in [0.25, 0.3) is 5.89 Å². The molecule has 0 fully saturated rings. The fraction of sp³-hybridized carbons (Fsp3) is 0.0667. The second-order valence-electron chi connectivity index (χ2n) is 4.62. The lowest BCUT2D eigenvalue weighted by Gasteiger charge is -2.00. The molecule has 106 valence electrons. The van der Waals surface area contributed by atoms with Gasteiger partial charge < -0.3 is 10.3 Å². The molecule has 0 saturated carbocycles. The van der Waals surface area contributed by atoms with Crippen molar-refractivity contribution in [3.05, 3.63) is 52.8 Å². The van der Waals surface area contributed by atoms with Gasteiger partial charge >= 0.3 is 0 Å². The van der Waals surface area contributed by atoms with E-state index in [2.05, 4.69) is 10.1 Å². The smallest absolute Gasteiger partial charge is 0.258 e. The monoisotopic (exact) mass is 303 g/mol. The molecule has 0 radical (unpaired) electrons. The van der Waals surface area contributed by atoms with E-state index in [1.165, 1.54) is 18.2 Å². The standard InChI is InChI=1S/C15H11ClFN3O/c1-8-2-3-9(6-13(8)18)15-19-14(20-21-15)11-5-4-10(17)7-12(11)16/h2-7H,18H2,1H3. The third kappa shape index (κ3) is 2.60. The van der Waals surface area contributed by atoms with Gasteiger partial charge in [0, 0.05) is 16.8 Å². The lowest BCUT2D eigenvalue weighted by Crippen LogP contribution is -1.90. The van der Waals surface area contributed by atoms with Crippen molar-refractivity contribution >= 4 is 17.3 Å². The van der Waals surface area contributed by atoms with Crippen LogP contribution >= 0.6 is 11.6 Å². The van der Waals surface area contributed by atoms with Gasteiger partial charge in [0.1, 0.15) is 5.82 Å². The summed E-state index contributed by atoms with van der Waals surface area (Å²) in [4.78, 5) is 4.27. The van der Waals surface area contributed by atoms with Crippen LogP contribution in [0.3, 0.4) is 0 Å². The number of aromatic nitrogens is 2. The van der Waals surface area contributed by atoms with Gasteiger partial charge in [0.15, 0.2) is 0 Å². The predicted molar refractivity (Wildman–Crippen MR) is 79.3 cm³/mol. The molecule has 0 saturated heterocycles. The Balaban J connectivity index is 2.01. The van der Waals surface area contributed by atoms with Crippen LogP contribution in [0.5, 0.6) is 0 Å². The summed E-state index contributed by atoms with van der Waals surface area (Å²) in [5.74, 6) is 0.213. The number of hydrogen-bond acceptors (Lipinski definition) is 4. The fourth-order valence-corrected chi connectivity index (χ4v) is 2.15. The second-order valence-corrected chi connectivity index (χ2v) is 5.03. The summed E-state index contributed by atoms with van der Waals surface area (Å²) in [6, 6.07) is 9.49. The van der Waals surface area contributed by atoms with E-state index in [0.717, 1.165) is 11.1 Å². The molecule has 0 aliphatic heterocycles. The summed E-state index contributed by atoms with van der Waals surface area (Å²) < 4.78 is 18.3. The molecule has 0 spiro atoms. The minimum atomic E-state index is -0.418. The number of aryl methyl sites for hydroxylation is 1. The highest BCUT2D eigenvalue weighted by Gasteiger charge is 2.14. The maximum absolute atomic E-state index is 13.1. The number of halogens is 2. The molecule has 4 nitrogen and oxygen atoms in total. The molecule has 3 rings (SSSR count). The number of rotatable bonds is 2. The predicted octanol–water partition coefficient (Wildman–Crippen LogP) is 4.09. The Hall–Kier alpha value is -2.40. The molecule has 2 N–H and O–H groups in total. The second kappa shape index (κ2) is 5.18. The third-order valence-electron chi connectivity index (χ3n) is 3.12. The van der Waals surface area contributed by atoms with Crippen LogP contribution in [0.2, 0.25) is 5.02 Å². The molecular weight excluding hydrogens is 293 g/mol. The van der Waals surface area contributed by atoms with Crippen LogP contribution in [0.1, 0.15) is 5.56 Å². The Bertz CT molecular complexity index is 816. The van der Waals surface area contributed by atoms with Crippen molar-refractivity contribution in [2.24, 2.45) is 0 Å². The minimum absolute atomic E-state index is 0.228. The zero-order chi connectivity index (χ0) is 15.0. The molecule has 3 aromatic rings. The summed E-state index contributed by atoms with van der Waals surface area (Å²) >= 11 is 5.98. The van der Waals surface area contributed by atoms with Gasteiger partial charge in [0.2, 0.25) is 5.82 Å². The van der Waals surface area contributed by atoms with Crippen molar-refractivity contribution in [2.45, 2.75) is 6.92 Å². The van der Waals surface area contributed by atoms with Gasteiger partial charge in [-0.1, -0.05) is 22.8 Å². The van der Waals surface area contributed by atoms with Crippen molar-refractivity contribution in [1.29, 1.82) is 0 Å². The fourth-order valence-electron chi connectivity index (χ4n) is 1.89. The molecule has 0 atom stereocenters. The summed E-state index contributed by atoms with van der Waals surface area (Å²) in [5, 5.41) is 4.10. The molecule has 0 aliphatic rings. The SMILES string of the molecule is Cc1ccc(-c2nc(-c3ccc(F)cc3Cl)no2)cc1N. The van der Waals surface area contributed by atoms with E-state index < -0.39 is 5.82 Å². The third-order valence-corrected chi connectivity index (χ3v) is 3.44. The van der Waals surface area contributed by atoms with Crippen LogP contribution < -0.4 is 5.73 Å². The quantitative estimate of drug-likeness (QED) is 0.724. The van der Waals surface area contributed by atoms with Crippen LogP contribution in [0, 0.1) is 12.7 Å². The molecule has 2 aromatic carbocycles. The van der Waals surface area contributed by atoms with Gasteiger partial charge in [0.05, 0.1) is 5.02 Å². The van der Waals surface area contributed by atoms with Gasteiger partial charge in [-0.3, -0.25) is 0 Å². The highest BCUT2D eigenvalue weighted by Crippen LogP contribution is 2.29. The van der Waals surface area contributed by atoms with E-state index in [1.54, 1.807) is 6.07 Å². The molecule has 1 heterocycles. The number of hydrogen-bond donors (Lipinski definition) is 1. The first-order chi connectivity index (χ1) is 10.0. The van der Waals surface area contributed by atoms with Crippen LogP contribution in [0.25, 0.3) is 22.8 Å². The van der Waals surface area contributed by atoms with E-state index in [0.29, 0.717) is 23.0 Å². The number of benzene rings is 2. The molecule has 0 bridgehead atoms. The van der Waals surface area contributed by atoms with E-state index in [1.807, 2.05) is 19.1 Å². The normalized spacial score (nSPS) is 10.8. The Morgan fingerprint density at radius 1 is 1.19 bits per heavy atom. The first-order valence-corrected chi connectivity index (χ1v) is 6.58. The molecule has 6 heteroatoms. The molecule has 0 aliphatic carbocycles. The average Bonchev–Trinajstić information content (AvgIpc) is 2.91. The topological polar surface area (TPSA) is 64.9 Å². The molecule has 21 heavy (non-hydrogen) atoms. The van der Waals surface area contributed by atoms with Crippen LogP contribution in [0.15, 0.2) is 40.9 Å². The first-order valence-electron chi connectivity index (χ1n) is 6.20. The molecule has 0 unspecified atom stereocenters. The maximum atomic E-state index is 13.1. The van der Waals surface area contributed by atoms with E-state index in [4.69, 9.17) is 21.9 Å². The minimum Gasteiger partial charge on any atom is -0.398 e. The van der Waals surface area contributed by atoms with Gasteiger partial charge in [-0.25, -0.2) is 4.39 Å². The van der Waals surface area contributed by atoms with Gasteiger partial charge in [-0.05, 0) is 42.8 Å². The lowest BCUT2D eigenvalue weighted by atomic mass is 10.1. The first kappa shape index (κ1) is 13.6. The summed E-state index contributed by atoms with van der Waals surface area (Å²) in [7, 11) is 0. The largest absolute Gasteiger partial charge is 0.398 e. The van der Waals surface area contributed by atoms with Crippen LogP contribution in [0.4, 0.5) is 10.1 Å². The van der Waals surface area contributed by atoms with E-state index in [-0.39, 0.29) is 5.02 Å². The van der Waals surface area contributed by atoms with Crippen molar-refractivity contribution in [1.82, 2.24) is 10.1 Å². The summed E-state index contributed by atoms with van der Waals surface area (Å²) in [6.45, 7) is 1.91. The molecule has 0 amide bonds. The summed E-state index contributed by atoms with van der Waals surface area (Å²) in [6.07, 6.45) is 0. The zero-order valence-corrected chi connectivity index (χ0v) is 11.9. The van der Waals surface area contributed by atoms with Crippen molar-refractivity contribution < 1.29 is 8.91 Å². The van der Waals surface area contributed by atoms with Crippen LogP contribution in [-0.2, 0) is 0 Å².